The van der Waals surface area contributed by atoms with Crippen LogP contribution in [0.4, 0.5) is 0 Å². The second kappa shape index (κ2) is 7.16. The zero-order valence-corrected chi connectivity index (χ0v) is 11.3. The van der Waals surface area contributed by atoms with Crippen LogP contribution >= 0.6 is 0 Å². The molecule has 1 rings (SSSR count). The summed E-state index contributed by atoms with van der Waals surface area (Å²) in [7, 11) is -3.39. The van der Waals surface area contributed by atoms with Crippen LogP contribution in [0.2, 0.25) is 0 Å². The summed E-state index contributed by atoms with van der Waals surface area (Å²) in [6, 6.07) is 8.12. The van der Waals surface area contributed by atoms with E-state index in [1.54, 1.807) is 18.2 Å². The van der Waals surface area contributed by atoms with Crippen molar-refractivity contribution in [3.63, 3.8) is 0 Å². The molecule has 4 nitrogen and oxygen atoms in total. The maximum absolute atomic E-state index is 11.9. The largest absolute Gasteiger partial charge is 0.466 e. The number of esters is 1. The first kappa shape index (κ1) is 14.7. The van der Waals surface area contributed by atoms with Gasteiger partial charge in [0.25, 0.3) is 0 Å². The Kier molecular flexibility index (Phi) is 5.85. The Balaban J connectivity index is 2.46. The smallest absolute Gasteiger partial charge is 0.306 e. The molecule has 0 aliphatic carbocycles. The number of unbranched alkanes of at least 4 members (excludes halogenated alkanes) is 1. The summed E-state index contributed by atoms with van der Waals surface area (Å²) >= 11 is 0. The quantitative estimate of drug-likeness (QED) is 0.563. The highest BCUT2D eigenvalue weighted by atomic mass is 32.2. The summed E-state index contributed by atoms with van der Waals surface area (Å²) in [6.07, 6.45) is 1.65. The highest BCUT2D eigenvalue weighted by Crippen LogP contribution is 2.11. The lowest BCUT2D eigenvalue weighted by Gasteiger charge is -2.05. The third-order valence-electron chi connectivity index (χ3n) is 2.44. The molecule has 0 amide bonds. The van der Waals surface area contributed by atoms with Crippen molar-refractivity contribution in [1.29, 1.82) is 0 Å². The number of sulfone groups is 1. The standard InChI is InChI=1S/C13H18O4S/c1-2-3-10-17-13(14)9-11-18(15,16)12-7-5-4-6-8-12/h4-8H,2-3,9-11H2,1H3. The molecule has 0 atom stereocenters. The summed E-state index contributed by atoms with van der Waals surface area (Å²) in [5, 5.41) is 0. The van der Waals surface area contributed by atoms with E-state index in [-0.39, 0.29) is 17.1 Å². The molecule has 0 spiro atoms. The van der Waals surface area contributed by atoms with Crippen LogP contribution in [0.5, 0.6) is 0 Å². The lowest BCUT2D eigenvalue weighted by molar-refractivity contribution is -0.143. The second-order valence-corrected chi connectivity index (χ2v) is 6.07. The molecule has 0 radical (unpaired) electrons. The summed E-state index contributed by atoms with van der Waals surface area (Å²) in [5.74, 6) is -0.662. The Morgan fingerprint density at radius 2 is 1.89 bits per heavy atom. The zero-order valence-electron chi connectivity index (χ0n) is 10.5. The Bertz CT molecular complexity index is 465. The minimum atomic E-state index is -3.39. The molecule has 0 N–H and O–H groups in total. The van der Waals surface area contributed by atoms with Crippen LogP contribution in [0.25, 0.3) is 0 Å². The van der Waals surface area contributed by atoms with E-state index in [4.69, 9.17) is 4.74 Å². The molecule has 5 heteroatoms. The molecule has 0 saturated carbocycles. The van der Waals surface area contributed by atoms with Gasteiger partial charge in [-0.2, -0.15) is 0 Å². The van der Waals surface area contributed by atoms with E-state index < -0.39 is 15.8 Å². The summed E-state index contributed by atoms with van der Waals surface area (Å²) < 4.78 is 28.6. The van der Waals surface area contributed by atoms with Gasteiger partial charge in [0.1, 0.15) is 0 Å². The minimum absolute atomic E-state index is 0.0963. The van der Waals surface area contributed by atoms with Crippen molar-refractivity contribution in [3.8, 4) is 0 Å². The second-order valence-electron chi connectivity index (χ2n) is 3.96. The van der Waals surface area contributed by atoms with Gasteiger partial charge in [0.15, 0.2) is 9.84 Å². The van der Waals surface area contributed by atoms with Gasteiger partial charge in [-0.25, -0.2) is 8.42 Å². The number of hydrogen-bond acceptors (Lipinski definition) is 4. The molecule has 0 aliphatic heterocycles. The molecule has 0 aliphatic rings. The minimum Gasteiger partial charge on any atom is -0.466 e. The highest BCUT2D eigenvalue weighted by Gasteiger charge is 2.16. The van der Waals surface area contributed by atoms with Crippen molar-refractivity contribution in [2.24, 2.45) is 0 Å². The van der Waals surface area contributed by atoms with Crippen LogP contribution in [0, 0.1) is 0 Å². The van der Waals surface area contributed by atoms with Crippen molar-refractivity contribution in [1.82, 2.24) is 0 Å². The van der Waals surface area contributed by atoms with Crippen molar-refractivity contribution in [2.75, 3.05) is 12.4 Å². The maximum atomic E-state index is 11.9. The Labute approximate surface area is 108 Å². The number of ether oxygens (including phenoxy) is 1. The van der Waals surface area contributed by atoms with Crippen molar-refractivity contribution in [2.45, 2.75) is 31.1 Å². The molecular weight excluding hydrogens is 252 g/mol. The third kappa shape index (κ3) is 4.87. The van der Waals surface area contributed by atoms with Gasteiger partial charge in [0.05, 0.1) is 23.7 Å². The van der Waals surface area contributed by atoms with Crippen LogP contribution in [0.15, 0.2) is 35.2 Å². The average molecular weight is 270 g/mol. The fraction of sp³-hybridized carbons (Fsp3) is 0.462. The lowest BCUT2D eigenvalue weighted by Crippen LogP contribution is -2.14. The van der Waals surface area contributed by atoms with Gasteiger partial charge < -0.3 is 4.74 Å². The van der Waals surface area contributed by atoms with Crippen LogP contribution in [-0.2, 0) is 19.4 Å². The van der Waals surface area contributed by atoms with Gasteiger partial charge in [-0.1, -0.05) is 31.5 Å². The van der Waals surface area contributed by atoms with Crippen molar-refractivity contribution < 1.29 is 17.9 Å². The SMILES string of the molecule is CCCCOC(=O)CCS(=O)(=O)c1ccccc1. The number of rotatable bonds is 7. The lowest BCUT2D eigenvalue weighted by atomic mass is 10.4. The first-order valence-corrected chi connectivity index (χ1v) is 7.65. The van der Waals surface area contributed by atoms with E-state index in [1.807, 2.05) is 6.92 Å². The van der Waals surface area contributed by atoms with Gasteiger partial charge in [-0.05, 0) is 18.6 Å². The fourth-order valence-electron chi connectivity index (χ4n) is 1.37. The number of benzene rings is 1. The number of carbonyl (C=O) groups is 1. The van der Waals surface area contributed by atoms with E-state index in [1.165, 1.54) is 12.1 Å². The Morgan fingerprint density at radius 1 is 1.22 bits per heavy atom. The molecule has 0 saturated heterocycles. The Hall–Kier alpha value is -1.36. The van der Waals surface area contributed by atoms with Gasteiger partial charge in [0.2, 0.25) is 0 Å². The fourth-order valence-corrected chi connectivity index (χ4v) is 2.61. The molecule has 1 aromatic rings. The molecule has 1 aromatic carbocycles. The highest BCUT2D eigenvalue weighted by molar-refractivity contribution is 7.91. The van der Waals surface area contributed by atoms with Gasteiger partial charge in [-0.15, -0.1) is 0 Å². The molecular formula is C13H18O4S. The molecule has 0 aromatic heterocycles. The maximum Gasteiger partial charge on any atom is 0.306 e. The van der Waals surface area contributed by atoms with E-state index >= 15 is 0 Å². The first-order valence-electron chi connectivity index (χ1n) is 5.99. The topological polar surface area (TPSA) is 60.4 Å². The number of carbonyl (C=O) groups excluding carboxylic acids is 1. The van der Waals surface area contributed by atoms with Gasteiger partial charge in [0, 0.05) is 0 Å². The van der Waals surface area contributed by atoms with Crippen molar-refractivity contribution >= 4 is 15.8 Å². The van der Waals surface area contributed by atoms with Crippen LogP contribution < -0.4 is 0 Å². The monoisotopic (exact) mass is 270 g/mol. The van der Waals surface area contributed by atoms with Gasteiger partial charge in [-0.3, -0.25) is 4.79 Å². The molecule has 0 bridgehead atoms. The summed E-state index contributed by atoms with van der Waals surface area (Å²) in [4.78, 5) is 11.6. The first-order chi connectivity index (χ1) is 8.56. The predicted molar refractivity (Wildman–Crippen MR) is 69.0 cm³/mol. The summed E-state index contributed by atoms with van der Waals surface area (Å²) in [6.45, 7) is 2.36. The third-order valence-corrected chi connectivity index (χ3v) is 4.17. The van der Waals surface area contributed by atoms with E-state index in [9.17, 15) is 13.2 Å². The molecule has 0 fully saturated rings. The predicted octanol–water partition coefficient (Wildman–Crippen LogP) is 2.19. The molecule has 0 heterocycles. The summed E-state index contributed by atoms with van der Waals surface area (Å²) in [5.41, 5.74) is 0. The van der Waals surface area contributed by atoms with Crippen LogP contribution in [0.3, 0.4) is 0 Å². The van der Waals surface area contributed by atoms with Crippen LogP contribution in [0.1, 0.15) is 26.2 Å². The average Bonchev–Trinajstić information content (AvgIpc) is 2.38. The molecule has 18 heavy (non-hydrogen) atoms. The molecule has 0 unspecified atom stereocenters. The van der Waals surface area contributed by atoms with E-state index in [0.29, 0.717) is 6.61 Å². The molecule has 100 valence electrons. The van der Waals surface area contributed by atoms with E-state index in [2.05, 4.69) is 0 Å². The van der Waals surface area contributed by atoms with Crippen LogP contribution in [-0.4, -0.2) is 26.7 Å². The van der Waals surface area contributed by atoms with Gasteiger partial charge >= 0.3 is 5.97 Å². The van der Waals surface area contributed by atoms with E-state index in [0.717, 1.165) is 12.8 Å². The normalized spacial score (nSPS) is 11.2. The zero-order chi connectivity index (χ0) is 13.4. The Morgan fingerprint density at radius 3 is 2.50 bits per heavy atom. The number of hydrogen-bond donors (Lipinski definition) is 0. The van der Waals surface area contributed by atoms with Crippen molar-refractivity contribution in [3.05, 3.63) is 30.3 Å².